The van der Waals surface area contributed by atoms with Gasteiger partial charge < -0.3 is 54.3 Å². The number of methoxy groups -OCH3 is 1. The molecule has 0 saturated carbocycles. The number of amides is 1. The molecule has 2 unspecified atom stereocenters. The molecular formula is C34H39N3O14. The van der Waals surface area contributed by atoms with Crippen molar-refractivity contribution in [3.63, 3.8) is 0 Å². The molecule has 274 valence electrons. The lowest BCUT2D eigenvalue weighted by molar-refractivity contribution is -0.387. The second-order valence-electron chi connectivity index (χ2n) is 12.4. The van der Waals surface area contributed by atoms with Crippen LogP contribution in [0.15, 0.2) is 60.7 Å². The van der Waals surface area contributed by atoms with Crippen LogP contribution < -0.4 is 19.1 Å². The maximum absolute atomic E-state index is 13.8. The van der Waals surface area contributed by atoms with E-state index in [9.17, 15) is 45.5 Å². The highest BCUT2D eigenvalue weighted by Gasteiger charge is 2.47. The molecule has 3 aliphatic heterocycles. The fraction of sp³-hybridized carbons (Fsp3) is 0.441. The van der Waals surface area contributed by atoms with Gasteiger partial charge in [-0.15, -0.1) is 0 Å². The second-order valence-corrected chi connectivity index (χ2v) is 12.4. The molecule has 1 amide bonds. The number of rotatable bonds is 10. The summed E-state index contributed by atoms with van der Waals surface area (Å²) < 4.78 is 28.0. The fourth-order valence-corrected chi connectivity index (χ4v) is 6.53. The number of hydrogen-bond acceptors (Lipinski definition) is 15. The van der Waals surface area contributed by atoms with E-state index in [0.29, 0.717) is 25.1 Å². The van der Waals surface area contributed by atoms with E-state index >= 15 is 0 Å². The number of carbonyl (C=O) groups excluding carboxylic acids is 1. The average Bonchev–Trinajstić information content (AvgIpc) is 3.61. The van der Waals surface area contributed by atoms with Crippen LogP contribution in [-0.2, 0) is 22.7 Å². The summed E-state index contributed by atoms with van der Waals surface area (Å²) in [5, 5.41) is 74.9. The summed E-state index contributed by atoms with van der Waals surface area (Å²) in [5.74, 6) is 0.163. The van der Waals surface area contributed by atoms with Crippen LogP contribution in [-0.4, -0.2) is 110 Å². The minimum absolute atomic E-state index is 0.118. The third kappa shape index (κ3) is 7.28. The van der Waals surface area contributed by atoms with Crippen molar-refractivity contribution in [1.82, 2.24) is 4.90 Å². The lowest BCUT2D eigenvalue weighted by Crippen LogP contribution is -2.60. The number of benzene rings is 3. The molecule has 3 aromatic carbocycles. The van der Waals surface area contributed by atoms with Crippen molar-refractivity contribution in [3.05, 3.63) is 87.5 Å². The Morgan fingerprint density at radius 1 is 0.941 bits per heavy atom. The van der Waals surface area contributed by atoms with E-state index in [1.54, 1.807) is 11.0 Å². The van der Waals surface area contributed by atoms with Crippen LogP contribution in [0.2, 0.25) is 0 Å². The Labute approximate surface area is 291 Å². The summed E-state index contributed by atoms with van der Waals surface area (Å²) in [4.78, 5) is 27.8. The Bertz CT molecular complexity index is 1710. The van der Waals surface area contributed by atoms with Crippen molar-refractivity contribution in [2.24, 2.45) is 0 Å². The zero-order valence-electron chi connectivity index (χ0n) is 27.4. The van der Waals surface area contributed by atoms with Gasteiger partial charge in [-0.2, -0.15) is 0 Å². The number of fused-ring (bicyclic) bond motifs is 2. The SMILES string of the molecule is COc1cc2c(cc1OCc1ccccc1)N(C(=O)OCc1ccc(O[C@@H]3O[C@H](CO)[C@H](O)[C@H](O)[C@H]3O)c([N+](=O)[O-])c1)C(O)[C@@H]1CCCN1C2O. The Balaban J connectivity index is 1.25. The number of carbonyl (C=O) groups is 1. The Hall–Kier alpha value is -4.59. The van der Waals surface area contributed by atoms with Crippen LogP contribution in [0.25, 0.3) is 0 Å². The molecule has 6 N–H and O–H groups in total. The van der Waals surface area contributed by atoms with Gasteiger partial charge in [-0.1, -0.05) is 36.4 Å². The molecule has 0 aromatic heterocycles. The Kier molecular flexibility index (Phi) is 10.9. The molecule has 2 saturated heterocycles. The molecule has 0 bridgehead atoms. The number of aliphatic hydroxyl groups is 6. The molecule has 2 fully saturated rings. The fourth-order valence-electron chi connectivity index (χ4n) is 6.53. The monoisotopic (exact) mass is 713 g/mol. The standard InChI is InChI=1S/C34H39N3O14/c1-47-25-13-20-22(14-26(25)48-16-18-6-3-2-4-7-18)36(32(43)21-8-5-11-35(21)31(20)42)34(44)49-17-19-9-10-24(23(12-19)37(45)46)50-33-30(41)29(40)28(39)27(15-38)51-33/h2-4,6-7,9-10,12-14,21,27-33,38-43H,5,8,11,15-17H2,1H3/t21-,27+,28-,29-,30+,31?,32?,33+/m0/s1. The summed E-state index contributed by atoms with van der Waals surface area (Å²) in [6, 6.07) is 15.3. The number of nitrogens with zero attached hydrogens (tertiary/aromatic N) is 3. The number of nitro benzene ring substituents is 1. The largest absolute Gasteiger partial charge is 0.493 e. The molecule has 17 heteroatoms. The van der Waals surface area contributed by atoms with Crippen LogP contribution in [0.3, 0.4) is 0 Å². The number of anilines is 1. The van der Waals surface area contributed by atoms with Crippen LogP contribution in [0, 0.1) is 10.1 Å². The van der Waals surface area contributed by atoms with E-state index in [4.69, 9.17) is 23.7 Å². The molecule has 6 rings (SSSR count). The predicted molar refractivity (Wildman–Crippen MR) is 175 cm³/mol. The third-order valence-electron chi connectivity index (χ3n) is 9.22. The third-order valence-corrected chi connectivity index (χ3v) is 9.22. The first-order valence-electron chi connectivity index (χ1n) is 16.2. The van der Waals surface area contributed by atoms with Gasteiger partial charge in [0.2, 0.25) is 6.29 Å². The van der Waals surface area contributed by atoms with Crippen LogP contribution in [0.4, 0.5) is 16.2 Å². The van der Waals surface area contributed by atoms with Crippen molar-refractivity contribution in [2.45, 2.75) is 75.3 Å². The number of nitro groups is 1. The van der Waals surface area contributed by atoms with Gasteiger partial charge in [0.1, 0.15) is 43.9 Å². The normalized spacial score (nSPS) is 27.5. The molecule has 0 spiro atoms. The van der Waals surface area contributed by atoms with Gasteiger partial charge in [-0.25, -0.2) is 9.69 Å². The molecule has 0 aliphatic carbocycles. The van der Waals surface area contributed by atoms with E-state index in [1.165, 1.54) is 25.3 Å². The highest BCUT2D eigenvalue weighted by molar-refractivity contribution is 5.90. The topological polar surface area (TPSA) is 234 Å². The average molecular weight is 714 g/mol. The quantitative estimate of drug-likeness (QED) is 0.128. The van der Waals surface area contributed by atoms with Gasteiger partial charge >= 0.3 is 11.8 Å². The Morgan fingerprint density at radius 3 is 2.41 bits per heavy atom. The number of hydrogen-bond donors (Lipinski definition) is 6. The maximum atomic E-state index is 13.8. The highest BCUT2D eigenvalue weighted by Crippen LogP contribution is 2.45. The van der Waals surface area contributed by atoms with Crippen molar-refractivity contribution in [1.29, 1.82) is 0 Å². The van der Waals surface area contributed by atoms with Crippen molar-refractivity contribution in [2.75, 3.05) is 25.2 Å². The molecule has 51 heavy (non-hydrogen) atoms. The summed E-state index contributed by atoms with van der Waals surface area (Å²) >= 11 is 0. The number of aliphatic hydroxyl groups excluding tert-OH is 6. The summed E-state index contributed by atoms with van der Waals surface area (Å²) in [7, 11) is 1.44. The van der Waals surface area contributed by atoms with Crippen molar-refractivity contribution in [3.8, 4) is 17.2 Å². The molecule has 3 aromatic rings. The summed E-state index contributed by atoms with van der Waals surface area (Å²) in [5.41, 5.74) is 0.810. The molecule has 17 nitrogen and oxygen atoms in total. The van der Waals surface area contributed by atoms with Gasteiger partial charge in [-0.05, 0) is 36.1 Å². The first kappa shape index (κ1) is 36.2. The van der Waals surface area contributed by atoms with Gasteiger partial charge in [0.15, 0.2) is 23.5 Å². The maximum Gasteiger partial charge on any atom is 0.416 e. The second kappa shape index (κ2) is 15.3. The zero-order chi connectivity index (χ0) is 36.4. The molecule has 3 aliphatic rings. The first-order chi connectivity index (χ1) is 24.5. The van der Waals surface area contributed by atoms with Gasteiger partial charge in [0.05, 0.1) is 30.4 Å². The summed E-state index contributed by atoms with van der Waals surface area (Å²) in [6.07, 6.45) is -10.7. The first-order valence-corrected chi connectivity index (χ1v) is 16.2. The minimum atomic E-state index is -1.80. The molecule has 8 atom stereocenters. The van der Waals surface area contributed by atoms with E-state index in [2.05, 4.69) is 0 Å². The van der Waals surface area contributed by atoms with Crippen LogP contribution in [0.5, 0.6) is 17.2 Å². The molecular weight excluding hydrogens is 674 g/mol. The van der Waals surface area contributed by atoms with Crippen LogP contribution in [0.1, 0.15) is 35.8 Å². The van der Waals surface area contributed by atoms with Crippen molar-refractivity contribution >= 4 is 17.5 Å². The number of ether oxygens (including phenoxy) is 5. The molecule has 0 radical (unpaired) electrons. The van der Waals surface area contributed by atoms with Gasteiger partial charge in [-0.3, -0.25) is 15.0 Å². The lowest BCUT2D eigenvalue weighted by atomic mass is 9.99. The minimum Gasteiger partial charge on any atom is -0.493 e. The van der Waals surface area contributed by atoms with Crippen molar-refractivity contribution < 1.29 is 64.0 Å². The lowest BCUT2D eigenvalue weighted by Gasteiger charge is -2.39. The molecule has 3 heterocycles. The summed E-state index contributed by atoms with van der Waals surface area (Å²) in [6.45, 7) is -0.583. The van der Waals surface area contributed by atoms with Gasteiger partial charge in [0.25, 0.3) is 0 Å². The van der Waals surface area contributed by atoms with E-state index in [-0.39, 0.29) is 34.9 Å². The van der Waals surface area contributed by atoms with Crippen LogP contribution >= 0.6 is 0 Å². The smallest absolute Gasteiger partial charge is 0.416 e. The van der Waals surface area contributed by atoms with E-state index in [1.807, 2.05) is 30.3 Å². The van der Waals surface area contributed by atoms with E-state index in [0.717, 1.165) is 16.5 Å². The van der Waals surface area contributed by atoms with Gasteiger partial charge in [0, 0.05) is 24.2 Å². The zero-order valence-corrected chi connectivity index (χ0v) is 27.4. The Morgan fingerprint density at radius 2 is 1.71 bits per heavy atom. The highest BCUT2D eigenvalue weighted by atomic mass is 16.7. The predicted octanol–water partition coefficient (Wildman–Crippen LogP) is 1.29. The van der Waals surface area contributed by atoms with E-state index < -0.39 is 79.1 Å².